The number of anilines is 1. The molecule has 5 heteroatoms. The number of carbonyl (C=O) groups is 1. The number of amides is 1. The second-order valence-electron chi connectivity index (χ2n) is 3.21. The summed E-state index contributed by atoms with van der Waals surface area (Å²) in [6, 6.07) is 1.63. The van der Waals surface area contributed by atoms with Gasteiger partial charge in [-0.1, -0.05) is 0 Å². The Balaban J connectivity index is 1.94. The van der Waals surface area contributed by atoms with Crippen molar-refractivity contribution in [3.8, 4) is 0 Å². The average molecular weight is 192 g/mol. The van der Waals surface area contributed by atoms with E-state index in [0.717, 1.165) is 19.4 Å². The van der Waals surface area contributed by atoms with Gasteiger partial charge in [0.15, 0.2) is 0 Å². The number of carbonyl (C=O) groups excluding carboxylic acids is 1. The molecule has 5 nitrogen and oxygen atoms in total. The summed E-state index contributed by atoms with van der Waals surface area (Å²) >= 11 is 0. The van der Waals surface area contributed by atoms with Crippen molar-refractivity contribution in [1.82, 2.24) is 15.3 Å². The Morgan fingerprint density at radius 1 is 1.50 bits per heavy atom. The van der Waals surface area contributed by atoms with Crippen LogP contribution in [0.4, 0.5) is 5.95 Å². The maximum absolute atomic E-state index is 11.6. The molecule has 0 spiro atoms. The summed E-state index contributed by atoms with van der Waals surface area (Å²) in [5.74, 6) is 0.319. The van der Waals surface area contributed by atoms with E-state index in [0.29, 0.717) is 5.95 Å². The van der Waals surface area contributed by atoms with Crippen molar-refractivity contribution in [3.05, 3.63) is 18.5 Å². The molecule has 1 atom stereocenters. The quantitative estimate of drug-likeness (QED) is 0.700. The van der Waals surface area contributed by atoms with Gasteiger partial charge in [-0.2, -0.15) is 0 Å². The lowest BCUT2D eigenvalue weighted by Gasteiger charge is -2.08. The topological polar surface area (TPSA) is 66.9 Å². The molecule has 0 saturated carbocycles. The van der Waals surface area contributed by atoms with Crippen LogP contribution >= 0.6 is 0 Å². The molecule has 0 aliphatic carbocycles. The largest absolute Gasteiger partial charge is 0.306 e. The van der Waals surface area contributed by atoms with Crippen LogP contribution in [-0.2, 0) is 4.79 Å². The molecule has 2 heterocycles. The monoisotopic (exact) mass is 192 g/mol. The normalized spacial score (nSPS) is 20.7. The van der Waals surface area contributed by atoms with E-state index in [2.05, 4.69) is 20.6 Å². The van der Waals surface area contributed by atoms with Crippen LogP contribution in [0.5, 0.6) is 0 Å². The van der Waals surface area contributed by atoms with Crippen LogP contribution in [0, 0.1) is 0 Å². The first-order valence-corrected chi connectivity index (χ1v) is 4.67. The number of hydrogen-bond donors (Lipinski definition) is 2. The van der Waals surface area contributed by atoms with Crippen molar-refractivity contribution in [2.24, 2.45) is 0 Å². The standard InChI is InChI=1S/C9H12N4O/c14-8(7-3-1-4-10-7)13-9-11-5-2-6-12-9/h2,5-7,10H,1,3-4H2,(H,11,12,13,14). The van der Waals surface area contributed by atoms with E-state index in [1.54, 1.807) is 18.5 Å². The molecule has 1 unspecified atom stereocenters. The summed E-state index contributed by atoms with van der Waals surface area (Å²) in [7, 11) is 0. The molecule has 1 amide bonds. The lowest BCUT2D eigenvalue weighted by Crippen LogP contribution is -2.35. The molecular formula is C9H12N4O. The van der Waals surface area contributed by atoms with Crippen LogP contribution in [0.1, 0.15) is 12.8 Å². The third-order valence-electron chi connectivity index (χ3n) is 2.18. The van der Waals surface area contributed by atoms with E-state index in [1.807, 2.05) is 0 Å². The molecule has 0 radical (unpaired) electrons. The van der Waals surface area contributed by atoms with E-state index in [9.17, 15) is 4.79 Å². The van der Waals surface area contributed by atoms with Gasteiger partial charge >= 0.3 is 0 Å². The highest BCUT2D eigenvalue weighted by Crippen LogP contribution is 2.06. The lowest BCUT2D eigenvalue weighted by atomic mass is 10.2. The lowest BCUT2D eigenvalue weighted by molar-refractivity contribution is -0.117. The predicted octanol–water partition coefficient (Wildman–Crippen LogP) is 0.167. The van der Waals surface area contributed by atoms with Crippen molar-refractivity contribution in [2.45, 2.75) is 18.9 Å². The van der Waals surface area contributed by atoms with Crippen molar-refractivity contribution in [3.63, 3.8) is 0 Å². The fraction of sp³-hybridized carbons (Fsp3) is 0.444. The van der Waals surface area contributed by atoms with Crippen LogP contribution in [0.15, 0.2) is 18.5 Å². The third-order valence-corrected chi connectivity index (χ3v) is 2.18. The Labute approximate surface area is 82.0 Å². The molecule has 1 aromatic rings. The van der Waals surface area contributed by atoms with E-state index >= 15 is 0 Å². The van der Waals surface area contributed by atoms with E-state index in [1.165, 1.54) is 0 Å². The Morgan fingerprint density at radius 2 is 2.29 bits per heavy atom. The molecule has 14 heavy (non-hydrogen) atoms. The molecule has 74 valence electrons. The number of hydrogen-bond acceptors (Lipinski definition) is 4. The van der Waals surface area contributed by atoms with Crippen molar-refractivity contribution >= 4 is 11.9 Å². The molecule has 1 aromatic heterocycles. The molecule has 1 aliphatic rings. The van der Waals surface area contributed by atoms with Crippen LogP contribution in [-0.4, -0.2) is 28.5 Å². The number of aromatic nitrogens is 2. The van der Waals surface area contributed by atoms with Gasteiger partial charge in [0.05, 0.1) is 6.04 Å². The SMILES string of the molecule is O=C(Nc1ncccn1)C1CCCN1. The summed E-state index contributed by atoms with van der Waals surface area (Å²) in [6.07, 6.45) is 5.14. The van der Waals surface area contributed by atoms with Crippen LogP contribution in [0.2, 0.25) is 0 Å². The fourth-order valence-corrected chi connectivity index (χ4v) is 1.47. The first kappa shape index (κ1) is 9.08. The van der Waals surface area contributed by atoms with Gasteiger partial charge in [-0.15, -0.1) is 0 Å². The van der Waals surface area contributed by atoms with Gasteiger partial charge in [0.25, 0.3) is 0 Å². The van der Waals surface area contributed by atoms with E-state index < -0.39 is 0 Å². The van der Waals surface area contributed by atoms with Gasteiger partial charge in [-0.25, -0.2) is 9.97 Å². The Bertz CT molecular complexity index is 308. The second-order valence-corrected chi connectivity index (χ2v) is 3.21. The average Bonchev–Trinajstić information content (AvgIpc) is 2.72. The highest BCUT2D eigenvalue weighted by Gasteiger charge is 2.22. The summed E-state index contributed by atoms with van der Waals surface area (Å²) in [5, 5.41) is 5.77. The first-order chi connectivity index (χ1) is 6.86. The van der Waals surface area contributed by atoms with Gasteiger partial charge in [0, 0.05) is 12.4 Å². The van der Waals surface area contributed by atoms with Crippen molar-refractivity contribution < 1.29 is 4.79 Å². The molecule has 1 aliphatic heterocycles. The Kier molecular flexibility index (Phi) is 2.69. The van der Waals surface area contributed by atoms with Crippen molar-refractivity contribution in [1.29, 1.82) is 0 Å². The zero-order valence-electron chi connectivity index (χ0n) is 7.73. The zero-order valence-corrected chi connectivity index (χ0v) is 7.73. The van der Waals surface area contributed by atoms with Gasteiger partial charge in [0.1, 0.15) is 0 Å². The Morgan fingerprint density at radius 3 is 2.93 bits per heavy atom. The number of nitrogens with zero attached hydrogens (tertiary/aromatic N) is 2. The van der Waals surface area contributed by atoms with E-state index in [-0.39, 0.29) is 11.9 Å². The smallest absolute Gasteiger partial charge is 0.243 e. The van der Waals surface area contributed by atoms with Crippen molar-refractivity contribution in [2.75, 3.05) is 11.9 Å². The zero-order chi connectivity index (χ0) is 9.80. The summed E-state index contributed by atoms with van der Waals surface area (Å²) in [6.45, 7) is 0.910. The highest BCUT2D eigenvalue weighted by atomic mass is 16.2. The number of rotatable bonds is 2. The molecule has 0 aromatic carbocycles. The molecule has 1 fully saturated rings. The maximum Gasteiger partial charge on any atom is 0.243 e. The third kappa shape index (κ3) is 2.05. The van der Waals surface area contributed by atoms with Gasteiger partial charge in [0.2, 0.25) is 11.9 Å². The van der Waals surface area contributed by atoms with Gasteiger partial charge in [-0.05, 0) is 25.5 Å². The molecule has 2 N–H and O–H groups in total. The molecule has 0 bridgehead atoms. The van der Waals surface area contributed by atoms with E-state index in [4.69, 9.17) is 0 Å². The molecule has 2 rings (SSSR count). The minimum Gasteiger partial charge on any atom is -0.306 e. The predicted molar refractivity (Wildman–Crippen MR) is 51.7 cm³/mol. The summed E-state index contributed by atoms with van der Waals surface area (Å²) in [4.78, 5) is 19.4. The van der Waals surface area contributed by atoms with Crippen LogP contribution < -0.4 is 10.6 Å². The minimum atomic E-state index is -0.0844. The first-order valence-electron chi connectivity index (χ1n) is 4.67. The molecular weight excluding hydrogens is 180 g/mol. The van der Waals surface area contributed by atoms with Crippen LogP contribution in [0.25, 0.3) is 0 Å². The molecule has 1 saturated heterocycles. The minimum absolute atomic E-state index is 0.0475. The van der Waals surface area contributed by atoms with Gasteiger partial charge in [-0.3, -0.25) is 10.1 Å². The Hall–Kier alpha value is -1.49. The summed E-state index contributed by atoms with van der Waals surface area (Å²) < 4.78 is 0. The second kappa shape index (κ2) is 4.15. The fourth-order valence-electron chi connectivity index (χ4n) is 1.47. The highest BCUT2D eigenvalue weighted by molar-refractivity contribution is 5.93. The van der Waals surface area contributed by atoms with Crippen LogP contribution in [0.3, 0.4) is 0 Å². The van der Waals surface area contributed by atoms with Gasteiger partial charge < -0.3 is 5.32 Å². The summed E-state index contributed by atoms with van der Waals surface area (Å²) in [5.41, 5.74) is 0. The number of nitrogens with one attached hydrogen (secondary N) is 2. The maximum atomic E-state index is 11.6.